The van der Waals surface area contributed by atoms with E-state index in [1.54, 1.807) is 16.4 Å². The van der Waals surface area contributed by atoms with E-state index in [2.05, 4.69) is 0 Å². The Balaban J connectivity index is 2.46. The normalized spacial score (nSPS) is 24.8. The predicted molar refractivity (Wildman–Crippen MR) is 81.1 cm³/mol. The van der Waals surface area contributed by atoms with Crippen LogP contribution in [0.3, 0.4) is 0 Å². The molecule has 1 saturated heterocycles. The molecule has 112 valence electrons. The minimum Gasteiger partial charge on any atom is -0.329 e. The molecule has 5 heteroatoms. The Morgan fingerprint density at radius 3 is 2.35 bits per heavy atom. The molecule has 4 nitrogen and oxygen atoms in total. The zero-order valence-corrected chi connectivity index (χ0v) is 13.3. The molecule has 1 aromatic rings. The van der Waals surface area contributed by atoms with Gasteiger partial charge in [-0.05, 0) is 56.9 Å². The highest BCUT2D eigenvalue weighted by Gasteiger charge is 2.37. The maximum absolute atomic E-state index is 12.9. The van der Waals surface area contributed by atoms with E-state index in [1.807, 2.05) is 26.8 Å². The van der Waals surface area contributed by atoms with Crippen LogP contribution < -0.4 is 5.73 Å². The van der Waals surface area contributed by atoms with Gasteiger partial charge in [0.15, 0.2) is 0 Å². The van der Waals surface area contributed by atoms with Crippen molar-refractivity contribution in [3.63, 3.8) is 0 Å². The first-order valence-electron chi connectivity index (χ1n) is 7.18. The van der Waals surface area contributed by atoms with Gasteiger partial charge in [-0.3, -0.25) is 0 Å². The minimum atomic E-state index is -3.46. The standard InChI is InChI=1S/C15H24N2O2S/c1-11-7-12(2)9-15(8-11)20(18,19)17-13(3)5-4-6-14(17)10-16/h7-9,13-14H,4-6,10,16H2,1-3H3. The first kappa shape index (κ1) is 15.5. The third kappa shape index (κ3) is 2.90. The number of piperidine rings is 1. The number of rotatable bonds is 3. The van der Waals surface area contributed by atoms with Crippen molar-refractivity contribution in [3.05, 3.63) is 29.3 Å². The van der Waals surface area contributed by atoms with Crippen molar-refractivity contribution in [1.82, 2.24) is 4.31 Å². The van der Waals surface area contributed by atoms with Gasteiger partial charge in [0.1, 0.15) is 0 Å². The maximum atomic E-state index is 12.9. The Hall–Kier alpha value is -0.910. The lowest BCUT2D eigenvalue weighted by atomic mass is 10.00. The highest BCUT2D eigenvalue weighted by Crippen LogP contribution is 2.30. The van der Waals surface area contributed by atoms with E-state index < -0.39 is 10.0 Å². The average Bonchev–Trinajstić information content (AvgIpc) is 2.36. The second-order valence-electron chi connectivity index (χ2n) is 5.83. The zero-order valence-electron chi connectivity index (χ0n) is 12.5. The van der Waals surface area contributed by atoms with Gasteiger partial charge in [0.05, 0.1) is 4.90 Å². The second kappa shape index (κ2) is 5.84. The predicted octanol–water partition coefficient (Wildman–Crippen LogP) is 2.19. The van der Waals surface area contributed by atoms with Gasteiger partial charge in [-0.25, -0.2) is 8.42 Å². The molecule has 0 amide bonds. The monoisotopic (exact) mass is 296 g/mol. The average molecular weight is 296 g/mol. The summed E-state index contributed by atoms with van der Waals surface area (Å²) in [4.78, 5) is 0.391. The van der Waals surface area contributed by atoms with E-state index in [1.165, 1.54) is 0 Å². The van der Waals surface area contributed by atoms with Gasteiger partial charge in [0, 0.05) is 18.6 Å². The van der Waals surface area contributed by atoms with Gasteiger partial charge in [0.2, 0.25) is 10.0 Å². The number of aryl methyl sites for hydroxylation is 2. The molecule has 2 rings (SSSR count). The van der Waals surface area contributed by atoms with Crippen molar-refractivity contribution < 1.29 is 8.42 Å². The molecule has 2 unspecified atom stereocenters. The van der Waals surface area contributed by atoms with Crippen LogP contribution in [0.4, 0.5) is 0 Å². The van der Waals surface area contributed by atoms with E-state index in [-0.39, 0.29) is 12.1 Å². The van der Waals surface area contributed by atoms with Crippen LogP contribution in [-0.2, 0) is 10.0 Å². The molecule has 20 heavy (non-hydrogen) atoms. The van der Waals surface area contributed by atoms with Gasteiger partial charge >= 0.3 is 0 Å². The molecule has 0 aromatic heterocycles. The summed E-state index contributed by atoms with van der Waals surface area (Å²) in [7, 11) is -3.46. The van der Waals surface area contributed by atoms with E-state index in [9.17, 15) is 8.42 Å². The Morgan fingerprint density at radius 1 is 1.20 bits per heavy atom. The van der Waals surface area contributed by atoms with E-state index in [0.717, 1.165) is 30.4 Å². The number of nitrogens with zero attached hydrogens (tertiary/aromatic N) is 1. The van der Waals surface area contributed by atoms with Crippen molar-refractivity contribution in [2.45, 2.75) is 57.0 Å². The summed E-state index contributed by atoms with van der Waals surface area (Å²) in [6.07, 6.45) is 2.80. The molecule has 0 spiro atoms. The molecule has 0 saturated carbocycles. The smallest absolute Gasteiger partial charge is 0.243 e. The third-order valence-corrected chi connectivity index (χ3v) is 6.04. The SMILES string of the molecule is Cc1cc(C)cc(S(=O)(=O)N2C(C)CCCC2CN)c1. The van der Waals surface area contributed by atoms with E-state index in [4.69, 9.17) is 5.73 Å². The van der Waals surface area contributed by atoms with Crippen molar-refractivity contribution in [3.8, 4) is 0 Å². The summed E-state index contributed by atoms with van der Waals surface area (Å²) in [5.74, 6) is 0. The van der Waals surface area contributed by atoms with Gasteiger partial charge in [-0.2, -0.15) is 4.31 Å². The van der Waals surface area contributed by atoms with Gasteiger partial charge < -0.3 is 5.73 Å². The van der Waals surface area contributed by atoms with Crippen LogP contribution in [-0.4, -0.2) is 31.4 Å². The van der Waals surface area contributed by atoms with Crippen LogP contribution in [0.15, 0.2) is 23.1 Å². The topological polar surface area (TPSA) is 63.4 Å². The molecule has 2 atom stereocenters. The molecule has 1 heterocycles. The molecule has 0 aliphatic carbocycles. The van der Waals surface area contributed by atoms with Crippen LogP contribution in [0.1, 0.15) is 37.3 Å². The van der Waals surface area contributed by atoms with Crippen molar-refractivity contribution in [2.24, 2.45) is 5.73 Å². The summed E-state index contributed by atoms with van der Waals surface area (Å²) >= 11 is 0. The molecular weight excluding hydrogens is 272 g/mol. The van der Waals surface area contributed by atoms with Gasteiger partial charge in [-0.1, -0.05) is 12.5 Å². The highest BCUT2D eigenvalue weighted by atomic mass is 32.2. The fraction of sp³-hybridized carbons (Fsp3) is 0.600. The van der Waals surface area contributed by atoms with Crippen LogP contribution in [0.2, 0.25) is 0 Å². The quantitative estimate of drug-likeness (QED) is 0.930. The zero-order chi connectivity index (χ0) is 14.9. The summed E-state index contributed by atoms with van der Waals surface area (Å²) in [5.41, 5.74) is 7.72. The number of benzene rings is 1. The molecule has 1 aliphatic heterocycles. The summed E-state index contributed by atoms with van der Waals surface area (Å²) < 4.78 is 27.5. The van der Waals surface area contributed by atoms with E-state index in [0.29, 0.717) is 11.4 Å². The molecule has 1 aromatic carbocycles. The number of hydrogen-bond acceptors (Lipinski definition) is 3. The molecule has 1 fully saturated rings. The van der Waals surface area contributed by atoms with Crippen LogP contribution in [0.25, 0.3) is 0 Å². The Bertz CT molecular complexity index is 563. The van der Waals surface area contributed by atoms with Crippen molar-refractivity contribution >= 4 is 10.0 Å². The van der Waals surface area contributed by atoms with Crippen LogP contribution in [0, 0.1) is 13.8 Å². The Morgan fingerprint density at radius 2 is 1.80 bits per heavy atom. The van der Waals surface area contributed by atoms with Crippen molar-refractivity contribution in [1.29, 1.82) is 0 Å². The van der Waals surface area contributed by atoms with E-state index >= 15 is 0 Å². The Labute approximate surface area is 122 Å². The summed E-state index contributed by atoms with van der Waals surface area (Å²) in [6.45, 7) is 6.20. The van der Waals surface area contributed by atoms with Gasteiger partial charge in [-0.15, -0.1) is 0 Å². The maximum Gasteiger partial charge on any atom is 0.243 e. The number of hydrogen-bond donors (Lipinski definition) is 1. The lowest BCUT2D eigenvalue weighted by Gasteiger charge is -2.39. The van der Waals surface area contributed by atoms with Crippen molar-refractivity contribution in [2.75, 3.05) is 6.54 Å². The van der Waals surface area contributed by atoms with Gasteiger partial charge in [0.25, 0.3) is 0 Å². The summed E-state index contributed by atoms with van der Waals surface area (Å²) in [6, 6.07) is 5.42. The third-order valence-electron chi connectivity index (χ3n) is 4.00. The molecule has 0 bridgehead atoms. The minimum absolute atomic E-state index is 0.0168. The fourth-order valence-corrected chi connectivity index (χ4v) is 5.20. The lowest BCUT2D eigenvalue weighted by Crippen LogP contribution is -2.51. The summed E-state index contributed by atoms with van der Waals surface area (Å²) in [5, 5.41) is 0. The lowest BCUT2D eigenvalue weighted by molar-refractivity contribution is 0.196. The molecule has 0 radical (unpaired) electrons. The fourth-order valence-electron chi connectivity index (χ4n) is 3.12. The second-order valence-corrected chi connectivity index (χ2v) is 7.67. The first-order valence-corrected chi connectivity index (χ1v) is 8.62. The van der Waals surface area contributed by atoms with Crippen LogP contribution >= 0.6 is 0 Å². The first-order chi connectivity index (χ1) is 9.36. The number of sulfonamides is 1. The molecular formula is C15H24N2O2S. The largest absolute Gasteiger partial charge is 0.329 e. The number of nitrogens with two attached hydrogens (primary N) is 1. The molecule has 1 aliphatic rings. The highest BCUT2D eigenvalue weighted by molar-refractivity contribution is 7.89. The Kier molecular flexibility index (Phi) is 4.52. The molecule has 2 N–H and O–H groups in total. The van der Waals surface area contributed by atoms with Crippen LogP contribution in [0.5, 0.6) is 0 Å².